The van der Waals surface area contributed by atoms with Crippen LogP contribution in [0.3, 0.4) is 0 Å². The zero-order chi connectivity index (χ0) is 22.9. The number of benzene rings is 1. The zero-order valence-electron chi connectivity index (χ0n) is 17.0. The van der Waals surface area contributed by atoms with Gasteiger partial charge in [0.15, 0.2) is 21.5 Å². The van der Waals surface area contributed by atoms with E-state index in [9.17, 15) is 21.6 Å². The highest BCUT2D eigenvalue weighted by Crippen LogP contribution is 2.38. The normalized spacial score (nSPS) is 23.3. The molecule has 2 atom stereocenters. The summed E-state index contributed by atoms with van der Waals surface area (Å²) in [6.07, 6.45) is -2.47. The van der Waals surface area contributed by atoms with Gasteiger partial charge in [-0.25, -0.2) is 18.4 Å². The molecule has 1 N–H and O–H groups in total. The van der Waals surface area contributed by atoms with Crippen LogP contribution in [0.2, 0.25) is 0 Å². The van der Waals surface area contributed by atoms with Gasteiger partial charge in [-0.1, -0.05) is 12.1 Å². The van der Waals surface area contributed by atoms with Crippen LogP contribution in [0.4, 0.5) is 29.2 Å². The van der Waals surface area contributed by atoms with Crippen molar-refractivity contribution in [2.45, 2.75) is 31.2 Å². The molecule has 2 fully saturated rings. The van der Waals surface area contributed by atoms with E-state index in [4.69, 9.17) is 4.74 Å². The minimum Gasteiger partial charge on any atom is -0.374 e. The van der Waals surface area contributed by atoms with Gasteiger partial charge < -0.3 is 15.0 Å². The molecule has 32 heavy (non-hydrogen) atoms. The second-order valence-electron chi connectivity index (χ2n) is 7.82. The van der Waals surface area contributed by atoms with Crippen molar-refractivity contribution in [3.8, 4) is 0 Å². The number of nitrogens with zero attached hydrogens (tertiary/aromatic N) is 3. The molecule has 0 bridgehead atoms. The maximum atomic E-state index is 15.2. The Bertz CT molecular complexity index is 1060. The molecular weight excluding hydrogens is 452 g/mol. The lowest BCUT2D eigenvalue weighted by Gasteiger charge is -2.27. The Hall–Kier alpha value is -2.47. The summed E-state index contributed by atoms with van der Waals surface area (Å²) in [5.74, 6) is -0.927. The van der Waals surface area contributed by atoms with Gasteiger partial charge in [0.1, 0.15) is 6.33 Å². The first kappa shape index (κ1) is 22.7. The topological polar surface area (TPSA) is 84.4 Å². The number of hydrogen-bond acceptors (Lipinski definition) is 7. The molecule has 174 valence electrons. The van der Waals surface area contributed by atoms with Gasteiger partial charge in [0, 0.05) is 13.1 Å². The third-order valence-corrected chi connectivity index (χ3v) is 7.27. The molecule has 4 rings (SSSR count). The molecular formula is C20H22F4N4O3S. The second-order valence-corrected chi connectivity index (χ2v) is 10.0. The van der Waals surface area contributed by atoms with Gasteiger partial charge in [-0.2, -0.15) is 17.6 Å². The van der Waals surface area contributed by atoms with Crippen LogP contribution >= 0.6 is 0 Å². The van der Waals surface area contributed by atoms with Crippen LogP contribution in [-0.4, -0.2) is 55.7 Å². The fourth-order valence-corrected chi connectivity index (χ4v) is 5.33. The monoisotopic (exact) mass is 474 g/mol. The van der Waals surface area contributed by atoms with Gasteiger partial charge in [-0.05, 0) is 30.5 Å². The number of halogens is 4. The molecule has 7 nitrogen and oxygen atoms in total. The highest BCUT2D eigenvalue weighted by molar-refractivity contribution is 7.91. The number of hydrogen-bond donors (Lipinski definition) is 1. The van der Waals surface area contributed by atoms with Crippen LogP contribution in [0.25, 0.3) is 0 Å². The van der Waals surface area contributed by atoms with E-state index in [1.54, 1.807) is 4.90 Å². The molecule has 12 heteroatoms. The first-order valence-electron chi connectivity index (χ1n) is 10.1. The number of rotatable bonds is 5. The minimum atomic E-state index is -4.42. The quantitative estimate of drug-likeness (QED) is 0.667. The molecule has 2 saturated heterocycles. The third-order valence-electron chi connectivity index (χ3n) is 5.60. The molecule has 0 aliphatic carbocycles. The summed E-state index contributed by atoms with van der Waals surface area (Å²) in [6, 6.07) is 4.54. The molecule has 2 aliphatic rings. The van der Waals surface area contributed by atoms with Crippen LogP contribution in [0.1, 0.15) is 30.0 Å². The number of sulfone groups is 1. The Kier molecular flexibility index (Phi) is 6.26. The molecule has 1 aromatic carbocycles. The summed E-state index contributed by atoms with van der Waals surface area (Å²) in [5.41, 5.74) is -0.0960. The van der Waals surface area contributed by atoms with Crippen molar-refractivity contribution in [1.82, 2.24) is 9.97 Å². The van der Waals surface area contributed by atoms with Crippen molar-refractivity contribution in [1.29, 1.82) is 0 Å². The first-order chi connectivity index (χ1) is 15.1. The molecule has 2 aliphatic heterocycles. The first-order valence-corrected chi connectivity index (χ1v) is 12.0. The number of ether oxygens (including phenoxy) is 1. The molecule has 1 unspecified atom stereocenters. The number of aromatic nitrogens is 2. The average molecular weight is 474 g/mol. The third kappa shape index (κ3) is 4.96. The summed E-state index contributed by atoms with van der Waals surface area (Å²) in [7, 11) is -3.19. The predicted molar refractivity (Wildman–Crippen MR) is 110 cm³/mol. The minimum absolute atomic E-state index is 0.0319. The Morgan fingerprint density at radius 3 is 2.62 bits per heavy atom. The Morgan fingerprint density at radius 2 is 1.94 bits per heavy atom. The largest absolute Gasteiger partial charge is 0.416 e. The fourth-order valence-electron chi connectivity index (χ4n) is 4.03. The van der Waals surface area contributed by atoms with Crippen molar-refractivity contribution < 1.29 is 30.7 Å². The van der Waals surface area contributed by atoms with E-state index in [1.165, 1.54) is 18.5 Å². The lowest BCUT2D eigenvalue weighted by Crippen LogP contribution is -2.38. The number of nitrogens with one attached hydrogen (secondary N) is 1. The number of anilines is 2. The van der Waals surface area contributed by atoms with E-state index in [0.29, 0.717) is 18.5 Å². The predicted octanol–water partition coefficient (Wildman–Crippen LogP) is 3.20. The van der Waals surface area contributed by atoms with E-state index in [-0.39, 0.29) is 42.3 Å². The van der Waals surface area contributed by atoms with Crippen molar-refractivity contribution in [2.24, 2.45) is 0 Å². The maximum absolute atomic E-state index is 15.2. The standard InChI is InChI=1S/C20H22F4N4O3S/c21-17-18(25-10-15-11-32(29,30)9-8-31-15)26-12-27-19(17)28-7-1-2-16(28)13-3-5-14(6-4-13)20(22,23)24/h3-6,12,15-16H,1-2,7-11H2,(H,25,26,27)/t15?,16-/m1/s1. The Balaban J connectivity index is 1.50. The lowest BCUT2D eigenvalue weighted by atomic mass is 10.0. The smallest absolute Gasteiger partial charge is 0.374 e. The highest BCUT2D eigenvalue weighted by Gasteiger charge is 2.33. The molecule has 0 saturated carbocycles. The summed E-state index contributed by atoms with van der Waals surface area (Å²) >= 11 is 0. The van der Waals surface area contributed by atoms with Crippen LogP contribution in [-0.2, 0) is 20.8 Å². The number of alkyl halides is 3. The van der Waals surface area contributed by atoms with Gasteiger partial charge in [0.2, 0.25) is 5.82 Å². The van der Waals surface area contributed by atoms with E-state index >= 15 is 4.39 Å². The van der Waals surface area contributed by atoms with Gasteiger partial charge in [0.05, 0.1) is 35.8 Å². The van der Waals surface area contributed by atoms with Gasteiger partial charge in [-0.3, -0.25) is 0 Å². The van der Waals surface area contributed by atoms with E-state index < -0.39 is 33.5 Å². The summed E-state index contributed by atoms with van der Waals surface area (Å²) in [4.78, 5) is 9.69. The van der Waals surface area contributed by atoms with Crippen LogP contribution in [0, 0.1) is 5.82 Å². The van der Waals surface area contributed by atoms with E-state index in [2.05, 4.69) is 15.3 Å². The van der Waals surface area contributed by atoms with Gasteiger partial charge in [0.25, 0.3) is 0 Å². The summed E-state index contributed by atoms with van der Waals surface area (Å²) in [5, 5.41) is 2.80. The van der Waals surface area contributed by atoms with E-state index in [1.807, 2.05) is 0 Å². The maximum Gasteiger partial charge on any atom is 0.416 e. The molecule has 1 aromatic heterocycles. The van der Waals surface area contributed by atoms with Crippen LogP contribution in [0.15, 0.2) is 30.6 Å². The van der Waals surface area contributed by atoms with Crippen LogP contribution < -0.4 is 10.2 Å². The van der Waals surface area contributed by atoms with Gasteiger partial charge >= 0.3 is 6.18 Å². The van der Waals surface area contributed by atoms with Crippen molar-refractivity contribution in [3.05, 3.63) is 47.5 Å². The highest BCUT2D eigenvalue weighted by atomic mass is 32.2. The molecule has 2 aromatic rings. The Morgan fingerprint density at radius 1 is 1.19 bits per heavy atom. The second kappa shape index (κ2) is 8.81. The summed E-state index contributed by atoms with van der Waals surface area (Å²) in [6.45, 7) is 0.646. The van der Waals surface area contributed by atoms with Gasteiger partial charge in [-0.15, -0.1) is 0 Å². The summed E-state index contributed by atoms with van der Waals surface area (Å²) < 4.78 is 82.7. The van der Waals surface area contributed by atoms with E-state index in [0.717, 1.165) is 18.6 Å². The van der Waals surface area contributed by atoms with Crippen LogP contribution in [0.5, 0.6) is 0 Å². The molecule has 0 spiro atoms. The Labute approximate surface area is 182 Å². The zero-order valence-corrected chi connectivity index (χ0v) is 17.8. The lowest BCUT2D eigenvalue weighted by molar-refractivity contribution is -0.137. The molecule has 0 amide bonds. The average Bonchev–Trinajstić information content (AvgIpc) is 3.21. The van der Waals surface area contributed by atoms with Crippen molar-refractivity contribution in [3.63, 3.8) is 0 Å². The molecule has 0 radical (unpaired) electrons. The SMILES string of the molecule is O=S1(=O)CCOC(CNc2ncnc(N3CCC[C@@H]3c3ccc(C(F)(F)F)cc3)c2F)C1. The fraction of sp³-hybridized carbons (Fsp3) is 0.500. The van der Waals surface area contributed by atoms with Crippen molar-refractivity contribution in [2.75, 3.05) is 41.4 Å². The van der Waals surface area contributed by atoms with Crippen molar-refractivity contribution >= 4 is 21.5 Å². The molecule has 3 heterocycles.